The number of hydrogen-bond donors (Lipinski definition) is 1. The number of nitrogens with zero attached hydrogens (tertiary/aromatic N) is 2. The van der Waals surface area contributed by atoms with E-state index in [4.69, 9.17) is 4.74 Å². The molecule has 0 saturated carbocycles. The summed E-state index contributed by atoms with van der Waals surface area (Å²) < 4.78 is 5.96. The van der Waals surface area contributed by atoms with Crippen molar-refractivity contribution in [1.82, 2.24) is 9.80 Å². The lowest BCUT2D eigenvalue weighted by atomic mass is 9.97. The van der Waals surface area contributed by atoms with E-state index in [-0.39, 0.29) is 12.5 Å². The predicted octanol–water partition coefficient (Wildman–Crippen LogP) is 5.00. The summed E-state index contributed by atoms with van der Waals surface area (Å²) in [6.45, 7) is 4.17. The number of amides is 1. The third-order valence-electron chi connectivity index (χ3n) is 7.06. The number of aliphatic hydroxyl groups excluding tert-OH is 1. The van der Waals surface area contributed by atoms with Gasteiger partial charge in [0.1, 0.15) is 18.5 Å². The van der Waals surface area contributed by atoms with Crippen LogP contribution in [0.5, 0.6) is 5.75 Å². The summed E-state index contributed by atoms with van der Waals surface area (Å²) in [7, 11) is 0. The van der Waals surface area contributed by atoms with Crippen LogP contribution >= 0.6 is 0 Å². The fourth-order valence-electron chi connectivity index (χ4n) is 5.02. The molecule has 5 heteroatoms. The zero-order valence-corrected chi connectivity index (χ0v) is 20.7. The van der Waals surface area contributed by atoms with Gasteiger partial charge < -0.3 is 14.7 Å². The Morgan fingerprint density at radius 2 is 1.75 bits per heavy atom. The quantitative estimate of drug-likeness (QED) is 0.459. The second-order valence-corrected chi connectivity index (χ2v) is 9.67. The molecular weight excluding hydrogens is 448 g/mol. The number of para-hydroxylation sites is 1. The Hall–Kier alpha value is -3.41. The highest BCUT2D eigenvalue weighted by Crippen LogP contribution is 2.26. The van der Waals surface area contributed by atoms with E-state index in [1.165, 1.54) is 21.9 Å². The third kappa shape index (κ3) is 6.04. The molecule has 1 fully saturated rings. The molecule has 1 saturated heterocycles. The summed E-state index contributed by atoms with van der Waals surface area (Å²) >= 11 is 0. The van der Waals surface area contributed by atoms with Crippen molar-refractivity contribution in [1.29, 1.82) is 0 Å². The number of ether oxygens (including phenoxy) is 1. The minimum Gasteiger partial charge on any atom is -0.490 e. The smallest absolute Gasteiger partial charge is 0.246 e. The van der Waals surface area contributed by atoms with Gasteiger partial charge in [0.2, 0.25) is 5.91 Å². The van der Waals surface area contributed by atoms with Gasteiger partial charge in [-0.25, -0.2) is 0 Å². The molecule has 3 aromatic carbocycles. The van der Waals surface area contributed by atoms with Crippen LogP contribution in [0.4, 0.5) is 0 Å². The number of β-amino-alcohol motifs (C(OH)–C–C–N with tert-alkyl or cyclic N) is 1. The maximum atomic E-state index is 12.3. The van der Waals surface area contributed by atoms with Gasteiger partial charge in [0, 0.05) is 44.4 Å². The minimum absolute atomic E-state index is 0.0450. The van der Waals surface area contributed by atoms with Gasteiger partial charge in [-0.15, -0.1) is 0 Å². The molecule has 0 aliphatic carbocycles. The Labute approximate surface area is 213 Å². The van der Waals surface area contributed by atoms with Gasteiger partial charge >= 0.3 is 0 Å². The van der Waals surface area contributed by atoms with Crippen LogP contribution in [-0.2, 0) is 4.79 Å². The first-order chi connectivity index (χ1) is 17.7. The van der Waals surface area contributed by atoms with Crippen LogP contribution in [0.15, 0.2) is 78.9 Å². The number of carbonyl (C=O) groups excluding carboxylic acids is 1. The maximum absolute atomic E-state index is 12.3. The topological polar surface area (TPSA) is 53.0 Å². The predicted molar refractivity (Wildman–Crippen MR) is 146 cm³/mol. The van der Waals surface area contributed by atoms with Crippen molar-refractivity contribution in [2.45, 2.75) is 25.4 Å². The maximum Gasteiger partial charge on any atom is 0.246 e. The summed E-state index contributed by atoms with van der Waals surface area (Å²) in [5.74, 6) is 0.725. The van der Waals surface area contributed by atoms with E-state index >= 15 is 0 Å². The second-order valence-electron chi connectivity index (χ2n) is 9.67. The van der Waals surface area contributed by atoms with Gasteiger partial charge in [-0.3, -0.25) is 9.69 Å². The van der Waals surface area contributed by atoms with Crippen molar-refractivity contribution in [3.8, 4) is 5.75 Å². The number of rotatable bonds is 8. The molecule has 5 nitrogen and oxygen atoms in total. The van der Waals surface area contributed by atoms with Crippen molar-refractivity contribution in [2.24, 2.45) is 0 Å². The van der Waals surface area contributed by atoms with Crippen molar-refractivity contribution < 1.29 is 14.6 Å². The van der Waals surface area contributed by atoms with Crippen molar-refractivity contribution in [2.75, 3.05) is 39.3 Å². The van der Waals surface area contributed by atoms with Crippen molar-refractivity contribution >= 4 is 28.3 Å². The number of aliphatic hydroxyl groups is 1. The lowest BCUT2D eigenvalue weighted by Crippen LogP contribution is -2.38. The molecule has 1 amide bonds. The fraction of sp³-hybridized carbons (Fsp3) is 0.323. The third-order valence-corrected chi connectivity index (χ3v) is 7.06. The van der Waals surface area contributed by atoms with Crippen LogP contribution in [0, 0.1) is 0 Å². The van der Waals surface area contributed by atoms with Crippen molar-refractivity contribution in [3.05, 3.63) is 90.0 Å². The van der Waals surface area contributed by atoms with Crippen LogP contribution in [0.3, 0.4) is 0 Å². The number of fused-ring (bicyclic) bond motifs is 1. The largest absolute Gasteiger partial charge is 0.490 e. The molecule has 3 aromatic rings. The van der Waals surface area contributed by atoms with Gasteiger partial charge in [0.25, 0.3) is 0 Å². The second kappa shape index (κ2) is 11.5. The number of hydrogen-bond acceptors (Lipinski definition) is 4. The average Bonchev–Trinajstić information content (AvgIpc) is 3.46. The Kier molecular flexibility index (Phi) is 7.79. The summed E-state index contributed by atoms with van der Waals surface area (Å²) in [4.78, 5) is 16.5. The summed E-state index contributed by atoms with van der Waals surface area (Å²) in [5.41, 5.74) is 3.50. The zero-order chi connectivity index (χ0) is 24.7. The standard InChI is InChI=1S/C31H34N2O3/c34-29(23-36-30-10-4-3-8-26(30)13-14-31(35)33-17-5-6-18-33)22-32-19-15-25(16-20-32)28-12-11-24-7-1-2-9-27(24)21-28/h1-4,7-15,21,29,34H,5-6,16-20,22-23H2. The first-order valence-electron chi connectivity index (χ1n) is 12.9. The van der Waals surface area contributed by atoms with Crippen molar-refractivity contribution in [3.63, 3.8) is 0 Å². The molecule has 0 aromatic heterocycles. The number of benzene rings is 3. The monoisotopic (exact) mass is 482 g/mol. The average molecular weight is 483 g/mol. The van der Waals surface area contributed by atoms with E-state index < -0.39 is 6.10 Å². The highest BCUT2D eigenvalue weighted by Gasteiger charge is 2.18. The fourth-order valence-corrected chi connectivity index (χ4v) is 5.02. The van der Waals surface area contributed by atoms with Crippen LogP contribution in [-0.4, -0.2) is 66.2 Å². The molecule has 186 valence electrons. The molecule has 36 heavy (non-hydrogen) atoms. The first-order valence-corrected chi connectivity index (χ1v) is 12.9. The molecule has 2 heterocycles. The van der Waals surface area contributed by atoms with Gasteiger partial charge in [0.15, 0.2) is 0 Å². The van der Waals surface area contributed by atoms with Crippen LogP contribution in [0.2, 0.25) is 0 Å². The normalized spacial score (nSPS) is 17.5. The van der Waals surface area contributed by atoms with Crippen LogP contribution in [0.25, 0.3) is 22.4 Å². The SMILES string of the molecule is O=C(C=Cc1ccccc1OCC(O)CN1CC=C(c2ccc3ccccc3c2)CC1)N1CCCC1. The number of likely N-dealkylation sites (tertiary alicyclic amines) is 1. The van der Waals surface area contributed by atoms with Gasteiger partial charge in [-0.1, -0.05) is 60.7 Å². The van der Waals surface area contributed by atoms with Crippen LogP contribution < -0.4 is 4.74 Å². The Bertz CT molecular complexity index is 1260. The molecule has 2 aliphatic rings. The van der Waals surface area contributed by atoms with Crippen LogP contribution in [0.1, 0.15) is 30.4 Å². The van der Waals surface area contributed by atoms with E-state index in [9.17, 15) is 9.90 Å². The molecule has 2 aliphatic heterocycles. The Morgan fingerprint density at radius 1 is 0.972 bits per heavy atom. The Morgan fingerprint density at radius 3 is 2.56 bits per heavy atom. The van der Waals surface area contributed by atoms with E-state index in [0.29, 0.717) is 12.3 Å². The molecule has 0 radical (unpaired) electrons. The van der Waals surface area contributed by atoms with E-state index in [1.807, 2.05) is 35.2 Å². The zero-order valence-electron chi connectivity index (χ0n) is 20.7. The summed E-state index contributed by atoms with van der Waals surface area (Å²) in [5, 5.41) is 13.2. The highest BCUT2D eigenvalue weighted by molar-refractivity contribution is 5.92. The molecular formula is C31H34N2O3. The molecule has 5 rings (SSSR count). The van der Waals surface area contributed by atoms with E-state index in [1.54, 1.807) is 6.08 Å². The molecule has 0 bridgehead atoms. The molecule has 1 N–H and O–H groups in total. The summed E-state index contributed by atoms with van der Waals surface area (Å²) in [6.07, 6.45) is 8.24. The highest BCUT2D eigenvalue weighted by atomic mass is 16.5. The van der Waals surface area contributed by atoms with E-state index in [2.05, 4.69) is 53.4 Å². The molecule has 0 spiro atoms. The van der Waals surface area contributed by atoms with E-state index in [0.717, 1.165) is 51.0 Å². The molecule has 1 unspecified atom stereocenters. The first kappa shape index (κ1) is 24.3. The Balaban J connectivity index is 1.13. The lowest BCUT2D eigenvalue weighted by molar-refractivity contribution is -0.124. The van der Waals surface area contributed by atoms with Gasteiger partial charge in [0.05, 0.1) is 0 Å². The minimum atomic E-state index is -0.594. The number of carbonyl (C=O) groups is 1. The van der Waals surface area contributed by atoms with Gasteiger partial charge in [-0.2, -0.15) is 0 Å². The summed E-state index contributed by atoms with van der Waals surface area (Å²) in [6, 6.07) is 22.8. The molecule has 1 atom stereocenters. The van der Waals surface area contributed by atoms with Gasteiger partial charge in [-0.05, 0) is 59.4 Å². The lowest BCUT2D eigenvalue weighted by Gasteiger charge is -2.28.